The number of carbonyl (C=O) groups is 1. The van der Waals surface area contributed by atoms with E-state index in [1.165, 1.54) is 7.11 Å². The second-order valence-corrected chi connectivity index (χ2v) is 5.47. The van der Waals surface area contributed by atoms with Crippen molar-refractivity contribution >= 4 is 17.7 Å². The van der Waals surface area contributed by atoms with Crippen LogP contribution in [0, 0.1) is 0 Å². The first-order chi connectivity index (χ1) is 11.3. The van der Waals surface area contributed by atoms with E-state index < -0.39 is 11.5 Å². The van der Waals surface area contributed by atoms with Crippen molar-refractivity contribution in [2.24, 2.45) is 10.2 Å². The second kappa shape index (κ2) is 5.02. The molecule has 0 radical (unpaired) electrons. The summed E-state index contributed by atoms with van der Waals surface area (Å²) in [4.78, 5) is 12.5. The Hall–Kier alpha value is -3.01. The number of fused-ring (bicyclic) bond motifs is 2. The Bertz CT molecular complexity index is 881. The van der Waals surface area contributed by atoms with Crippen LogP contribution in [0.1, 0.15) is 16.7 Å². The fourth-order valence-corrected chi connectivity index (χ4v) is 3.16. The maximum absolute atomic E-state index is 12.5. The normalized spacial score (nSPS) is 21.1. The third-order valence-electron chi connectivity index (χ3n) is 4.24. The molecule has 1 heterocycles. The Kier molecular flexibility index (Phi) is 2.98. The molecule has 112 valence electrons. The van der Waals surface area contributed by atoms with Gasteiger partial charge in [-0.3, -0.25) is 0 Å². The van der Waals surface area contributed by atoms with Gasteiger partial charge in [0.15, 0.2) is 5.54 Å². The lowest BCUT2D eigenvalue weighted by Crippen LogP contribution is -2.26. The minimum absolute atomic E-state index is 0.407. The van der Waals surface area contributed by atoms with Crippen LogP contribution < -0.4 is 0 Å². The Morgan fingerprint density at radius 3 is 2.57 bits per heavy atom. The van der Waals surface area contributed by atoms with Crippen molar-refractivity contribution in [3.8, 4) is 0 Å². The van der Waals surface area contributed by atoms with Crippen LogP contribution in [-0.4, -0.2) is 13.1 Å². The molecule has 0 amide bonds. The van der Waals surface area contributed by atoms with Crippen LogP contribution in [0.2, 0.25) is 0 Å². The van der Waals surface area contributed by atoms with Crippen LogP contribution in [0.3, 0.4) is 0 Å². The van der Waals surface area contributed by atoms with E-state index in [2.05, 4.69) is 10.2 Å². The Balaban J connectivity index is 1.97. The van der Waals surface area contributed by atoms with E-state index in [4.69, 9.17) is 4.74 Å². The van der Waals surface area contributed by atoms with Crippen LogP contribution in [0.5, 0.6) is 0 Å². The molecule has 1 aliphatic heterocycles. The standard InChI is InChI=1S/C19H14N2O2/c1-23-18(22)16-17(14-8-3-2-4-9-14)20-21-19(16)12-11-13-7-5-6-10-15(13)19/h2-12H,1H3. The zero-order valence-electron chi connectivity index (χ0n) is 12.6. The number of benzene rings is 2. The lowest BCUT2D eigenvalue weighted by Gasteiger charge is -2.21. The second-order valence-electron chi connectivity index (χ2n) is 5.47. The molecule has 1 atom stereocenters. The predicted molar refractivity (Wildman–Crippen MR) is 87.4 cm³/mol. The van der Waals surface area contributed by atoms with Gasteiger partial charge in [0.1, 0.15) is 11.3 Å². The molecule has 23 heavy (non-hydrogen) atoms. The summed E-state index contributed by atoms with van der Waals surface area (Å²) < 4.78 is 5.04. The average Bonchev–Trinajstić information content (AvgIpc) is 3.18. The number of nitrogens with zero attached hydrogens (tertiary/aromatic N) is 2. The molecule has 2 aromatic carbocycles. The summed E-state index contributed by atoms with van der Waals surface area (Å²) in [7, 11) is 1.38. The van der Waals surface area contributed by atoms with Crippen molar-refractivity contribution in [1.82, 2.24) is 0 Å². The summed E-state index contributed by atoms with van der Waals surface area (Å²) in [6.07, 6.45) is 3.90. The van der Waals surface area contributed by atoms with Crippen molar-refractivity contribution < 1.29 is 9.53 Å². The Morgan fingerprint density at radius 2 is 1.78 bits per heavy atom. The van der Waals surface area contributed by atoms with E-state index in [1.807, 2.05) is 66.7 Å². The van der Waals surface area contributed by atoms with Gasteiger partial charge in [-0.15, -0.1) is 0 Å². The minimum atomic E-state index is -0.880. The van der Waals surface area contributed by atoms with Crippen LogP contribution in [-0.2, 0) is 15.1 Å². The molecule has 4 rings (SSSR count). The SMILES string of the molecule is COC(=O)C1=C(c2ccccc2)N=NC12C=Cc1ccccc12. The van der Waals surface area contributed by atoms with E-state index >= 15 is 0 Å². The van der Waals surface area contributed by atoms with Gasteiger partial charge in [0.2, 0.25) is 0 Å². The van der Waals surface area contributed by atoms with Crippen molar-refractivity contribution in [2.75, 3.05) is 7.11 Å². The third kappa shape index (κ3) is 1.88. The minimum Gasteiger partial charge on any atom is -0.466 e. The molecule has 0 aromatic heterocycles. The largest absolute Gasteiger partial charge is 0.466 e. The maximum atomic E-state index is 12.5. The quantitative estimate of drug-likeness (QED) is 0.788. The third-order valence-corrected chi connectivity index (χ3v) is 4.24. The number of esters is 1. The van der Waals surface area contributed by atoms with E-state index in [0.29, 0.717) is 11.3 Å². The molecular formula is C19H14N2O2. The monoisotopic (exact) mass is 302 g/mol. The van der Waals surface area contributed by atoms with Crippen LogP contribution in [0.15, 0.2) is 76.5 Å². The summed E-state index contributed by atoms with van der Waals surface area (Å²) in [5, 5.41) is 8.82. The van der Waals surface area contributed by atoms with Crippen molar-refractivity contribution in [3.63, 3.8) is 0 Å². The van der Waals surface area contributed by atoms with Gasteiger partial charge in [-0.05, 0) is 17.2 Å². The first-order valence-corrected chi connectivity index (χ1v) is 7.36. The molecule has 1 spiro atoms. The summed E-state index contributed by atoms with van der Waals surface area (Å²) in [6, 6.07) is 17.5. The van der Waals surface area contributed by atoms with Crippen LogP contribution in [0.25, 0.3) is 11.8 Å². The van der Waals surface area contributed by atoms with Gasteiger partial charge in [-0.1, -0.05) is 60.7 Å². The van der Waals surface area contributed by atoms with Gasteiger partial charge in [0.25, 0.3) is 0 Å². The zero-order valence-corrected chi connectivity index (χ0v) is 12.6. The van der Waals surface area contributed by atoms with E-state index in [-0.39, 0.29) is 0 Å². The van der Waals surface area contributed by atoms with Gasteiger partial charge in [-0.25, -0.2) is 4.79 Å². The molecule has 0 bridgehead atoms. The number of rotatable bonds is 2. The van der Waals surface area contributed by atoms with Crippen molar-refractivity contribution in [3.05, 3.63) is 82.9 Å². The Morgan fingerprint density at radius 1 is 1.04 bits per heavy atom. The molecule has 0 saturated carbocycles. The fourth-order valence-electron chi connectivity index (χ4n) is 3.16. The molecule has 1 unspecified atom stereocenters. The zero-order chi connectivity index (χ0) is 15.9. The molecular weight excluding hydrogens is 288 g/mol. The summed E-state index contributed by atoms with van der Waals surface area (Å²) >= 11 is 0. The van der Waals surface area contributed by atoms with Crippen molar-refractivity contribution in [1.29, 1.82) is 0 Å². The predicted octanol–water partition coefficient (Wildman–Crippen LogP) is 3.96. The average molecular weight is 302 g/mol. The molecule has 2 aromatic rings. The molecule has 0 fully saturated rings. The molecule has 1 aliphatic carbocycles. The summed E-state index contributed by atoms with van der Waals surface area (Å²) in [6.45, 7) is 0. The van der Waals surface area contributed by atoms with Crippen molar-refractivity contribution in [2.45, 2.75) is 5.54 Å². The van der Waals surface area contributed by atoms with Crippen LogP contribution >= 0.6 is 0 Å². The van der Waals surface area contributed by atoms with Gasteiger partial charge < -0.3 is 4.74 Å². The first-order valence-electron chi connectivity index (χ1n) is 7.36. The van der Waals surface area contributed by atoms with E-state index in [0.717, 1.165) is 16.7 Å². The molecule has 4 heteroatoms. The topological polar surface area (TPSA) is 51.0 Å². The molecule has 0 N–H and O–H groups in total. The van der Waals surface area contributed by atoms with Gasteiger partial charge in [-0.2, -0.15) is 10.2 Å². The summed E-state index contributed by atoms with van der Waals surface area (Å²) in [5.74, 6) is -0.407. The van der Waals surface area contributed by atoms with E-state index in [9.17, 15) is 4.79 Å². The highest BCUT2D eigenvalue weighted by Crippen LogP contribution is 2.50. The number of methoxy groups -OCH3 is 1. The lowest BCUT2D eigenvalue weighted by molar-refractivity contribution is -0.136. The smallest absolute Gasteiger partial charge is 0.339 e. The van der Waals surface area contributed by atoms with Gasteiger partial charge in [0, 0.05) is 5.56 Å². The first kappa shape index (κ1) is 13.6. The molecule has 2 aliphatic rings. The number of carbonyl (C=O) groups excluding carboxylic acids is 1. The molecule has 0 saturated heterocycles. The van der Waals surface area contributed by atoms with Gasteiger partial charge in [0.05, 0.1) is 7.11 Å². The maximum Gasteiger partial charge on any atom is 0.339 e. The highest BCUT2D eigenvalue weighted by molar-refractivity contribution is 6.02. The fraction of sp³-hybridized carbons (Fsp3) is 0.105. The number of hydrogen-bond donors (Lipinski definition) is 0. The highest BCUT2D eigenvalue weighted by Gasteiger charge is 2.48. The molecule has 4 nitrogen and oxygen atoms in total. The number of hydrogen-bond acceptors (Lipinski definition) is 4. The lowest BCUT2D eigenvalue weighted by atomic mass is 9.84. The Labute approximate surface area is 133 Å². The highest BCUT2D eigenvalue weighted by atomic mass is 16.5. The van der Waals surface area contributed by atoms with Crippen LogP contribution in [0.4, 0.5) is 0 Å². The number of ether oxygens (including phenoxy) is 1. The van der Waals surface area contributed by atoms with E-state index in [1.54, 1.807) is 0 Å². The van der Waals surface area contributed by atoms with Gasteiger partial charge >= 0.3 is 5.97 Å². The summed E-state index contributed by atoms with van der Waals surface area (Å²) in [5.41, 5.74) is 3.00. The number of azo groups is 1.